The lowest BCUT2D eigenvalue weighted by atomic mass is 10.1. The Balaban J connectivity index is 1.82. The lowest BCUT2D eigenvalue weighted by molar-refractivity contribution is -0.386. The molecular weight excluding hydrogens is 508 g/mol. The van der Waals surface area contributed by atoms with Crippen molar-refractivity contribution in [1.82, 2.24) is 5.16 Å². The van der Waals surface area contributed by atoms with Crippen LogP contribution in [0.2, 0.25) is 0 Å². The molecule has 7 nitrogen and oxygen atoms in total. The van der Waals surface area contributed by atoms with E-state index in [0.29, 0.717) is 22.6 Å². The number of rotatable bonds is 7. The van der Waals surface area contributed by atoms with E-state index in [2.05, 4.69) is 37.0 Å². The molecule has 3 aromatic rings. The van der Waals surface area contributed by atoms with E-state index in [-0.39, 0.29) is 17.1 Å². The molecule has 1 heterocycles. The Morgan fingerprint density at radius 2 is 1.93 bits per heavy atom. The van der Waals surface area contributed by atoms with Crippen LogP contribution in [0, 0.1) is 17.0 Å². The van der Waals surface area contributed by atoms with Crippen molar-refractivity contribution in [3.05, 3.63) is 78.0 Å². The van der Waals surface area contributed by atoms with E-state index in [9.17, 15) is 10.1 Å². The zero-order chi connectivity index (χ0) is 21.0. The number of hydrogen-bond donors (Lipinski definition) is 0. The van der Waals surface area contributed by atoms with Crippen molar-refractivity contribution in [3.8, 4) is 11.5 Å². The Morgan fingerprint density at radius 1 is 1.21 bits per heavy atom. The topological polar surface area (TPSA) is 87.6 Å². The molecule has 0 spiro atoms. The van der Waals surface area contributed by atoms with Crippen LogP contribution in [-0.2, 0) is 6.61 Å². The van der Waals surface area contributed by atoms with E-state index in [1.54, 1.807) is 19.3 Å². The van der Waals surface area contributed by atoms with Crippen LogP contribution in [0.5, 0.6) is 11.5 Å². The van der Waals surface area contributed by atoms with Gasteiger partial charge in [-0.2, -0.15) is 0 Å². The molecule has 0 aliphatic rings. The van der Waals surface area contributed by atoms with Crippen molar-refractivity contribution >= 4 is 49.7 Å². The van der Waals surface area contributed by atoms with Gasteiger partial charge in [-0.3, -0.25) is 10.1 Å². The maximum atomic E-state index is 11.1. The number of halogens is 2. The van der Waals surface area contributed by atoms with E-state index < -0.39 is 4.92 Å². The minimum atomic E-state index is -0.513. The van der Waals surface area contributed by atoms with Gasteiger partial charge in [-0.15, -0.1) is 0 Å². The zero-order valence-electron chi connectivity index (χ0n) is 15.5. The van der Waals surface area contributed by atoms with Gasteiger partial charge in [0.2, 0.25) is 5.76 Å². The predicted octanol–water partition coefficient (Wildman–Crippen LogP) is 6.17. The normalized spacial score (nSPS) is 11.0. The summed E-state index contributed by atoms with van der Waals surface area (Å²) in [4.78, 5) is 10.6. The Kier molecular flexibility index (Phi) is 6.71. The van der Waals surface area contributed by atoms with Gasteiger partial charge in [-0.1, -0.05) is 39.3 Å². The van der Waals surface area contributed by atoms with Crippen molar-refractivity contribution in [2.24, 2.45) is 0 Å². The summed E-state index contributed by atoms with van der Waals surface area (Å²) in [5.74, 6) is 1.17. The first kappa shape index (κ1) is 21.1. The van der Waals surface area contributed by atoms with E-state index in [0.717, 1.165) is 15.6 Å². The zero-order valence-corrected chi connectivity index (χ0v) is 18.7. The first-order valence-corrected chi connectivity index (χ1v) is 10.0. The summed E-state index contributed by atoms with van der Waals surface area (Å²) in [6, 6.07) is 11.4. The predicted molar refractivity (Wildman–Crippen MR) is 116 cm³/mol. The summed E-state index contributed by atoms with van der Waals surface area (Å²) < 4.78 is 18.1. The summed E-state index contributed by atoms with van der Waals surface area (Å²) in [7, 11) is 1.55. The number of methoxy groups -OCH3 is 1. The smallest absolute Gasteiger partial charge is 0.338 e. The molecule has 3 rings (SSSR count). The highest BCUT2D eigenvalue weighted by molar-refractivity contribution is 9.10. The second-order valence-corrected chi connectivity index (χ2v) is 7.79. The van der Waals surface area contributed by atoms with Crippen LogP contribution in [0.1, 0.15) is 22.6 Å². The number of nitro groups is 1. The largest absolute Gasteiger partial charge is 0.493 e. The van der Waals surface area contributed by atoms with Crippen LogP contribution < -0.4 is 9.47 Å². The van der Waals surface area contributed by atoms with Crippen LogP contribution in [0.15, 0.2) is 49.9 Å². The fourth-order valence-electron chi connectivity index (χ4n) is 2.60. The Hall–Kier alpha value is -2.65. The van der Waals surface area contributed by atoms with Crippen molar-refractivity contribution < 1.29 is 18.9 Å². The summed E-state index contributed by atoms with van der Waals surface area (Å²) >= 11 is 6.91. The monoisotopic (exact) mass is 522 g/mol. The lowest BCUT2D eigenvalue weighted by Crippen LogP contribution is -1.99. The molecule has 0 amide bonds. The molecule has 0 atom stereocenters. The van der Waals surface area contributed by atoms with Crippen molar-refractivity contribution in [3.63, 3.8) is 0 Å². The SMILES string of the molecule is COc1cc(/C=C\c2onc(C)c2[N+](=O)[O-])cc(Br)c1OCc1ccc(Br)cc1. The maximum Gasteiger partial charge on any atom is 0.338 e. The number of nitrogens with zero attached hydrogens (tertiary/aromatic N) is 2. The molecule has 0 aliphatic heterocycles. The molecule has 0 bridgehead atoms. The third-order valence-corrected chi connectivity index (χ3v) is 5.13. The van der Waals surface area contributed by atoms with Gasteiger partial charge < -0.3 is 14.0 Å². The molecule has 2 aromatic carbocycles. The van der Waals surface area contributed by atoms with Gasteiger partial charge in [0.15, 0.2) is 17.2 Å². The fraction of sp³-hybridized carbons (Fsp3) is 0.150. The highest BCUT2D eigenvalue weighted by Gasteiger charge is 2.22. The number of benzene rings is 2. The van der Waals surface area contributed by atoms with Crippen LogP contribution >= 0.6 is 31.9 Å². The van der Waals surface area contributed by atoms with Crippen molar-refractivity contribution in [1.29, 1.82) is 0 Å². The molecule has 0 radical (unpaired) electrons. The molecule has 0 fully saturated rings. The van der Waals surface area contributed by atoms with Crippen molar-refractivity contribution in [2.45, 2.75) is 13.5 Å². The third-order valence-electron chi connectivity index (χ3n) is 4.01. The van der Waals surface area contributed by atoms with Crippen LogP contribution in [0.4, 0.5) is 5.69 Å². The number of aryl methyl sites for hydroxylation is 1. The highest BCUT2D eigenvalue weighted by Crippen LogP contribution is 2.38. The standard InChI is InChI=1S/C20H16Br2N2O5/c1-12-19(24(25)26)17(29-23-12)8-5-14-9-16(22)20(18(10-14)27-2)28-11-13-3-6-15(21)7-4-13/h3-10H,11H2,1-2H3/b8-5-. The van der Waals surface area contributed by atoms with Gasteiger partial charge in [0.25, 0.3) is 0 Å². The number of aromatic nitrogens is 1. The maximum absolute atomic E-state index is 11.1. The molecule has 29 heavy (non-hydrogen) atoms. The minimum absolute atomic E-state index is 0.0816. The van der Waals surface area contributed by atoms with Gasteiger partial charge >= 0.3 is 5.69 Å². The molecule has 0 saturated carbocycles. The molecule has 0 N–H and O–H groups in total. The highest BCUT2D eigenvalue weighted by atomic mass is 79.9. The van der Waals surface area contributed by atoms with Gasteiger partial charge in [-0.05, 0) is 64.3 Å². The van der Waals surface area contributed by atoms with Crippen molar-refractivity contribution in [2.75, 3.05) is 7.11 Å². The van der Waals surface area contributed by atoms with Crippen LogP contribution in [0.25, 0.3) is 12.2 Å². The van der Waals surface area contributed by atoms with Gasteiger partial charge in [-0.25, -0.2) is 0 Å². The van der Waals surface area contributed by atoms with Gasteiger partial charge in [0.05, 0.1) is 16.5 Å². The van der Waals surface area contributed by atoms with E-state index >= 15 is 0 Å². The molecule has 0 saturated heterocycles. The Morgan fingerprint density at radius 3 is 2.59 bits per heavy atom. The second kappa shape index (κ2) is 9.23. The van der Waals surface area contributed by atoms with E-state index in [1.807, 2.05) is 30.3 Å². The molecular formula is C20H16Br2N2O5. The first-order chi connectivity index (χ1) is 13.9. The number of hydrogen-bond acceptors (Lipinski definition) is 6. The van der Waals surface area contributed by atoms with E-state index in [1.165, 1.54) is 13.0 Å². The minimum Gasteiger partial charge on any atom is -0.493 e. The summed E-state index contributed by atoms with van der Waals surface area (Å²) in [6.07, 6.45) is 3.18. The van der Waals surface area contributed by atoms with Gasteiger partial charge in [0, 0.05) is 4.47 Å². The molecule has 150 valence electrons. The average molecular weight is 524 g/mol. The summed E-state index contributed by atoms with van der Waals surface area (Å²) in [5, 5.41) is 14.8. The molecule has 9 heteroatoms. The molecule has 0 unspecified atom stereocenters. The Labute approximate surface area is 183 Å². The third kappa shape index (κ3) is 5.04. The Bertz CT molecular complexity index is 1060. The average Bonchev–Trinajstić information content (AvgIpc) is 3.07. The number of ether oxygens (including phenoxy) is 2. The molecule has 0 aliphatic carbocycles. The lowest BCUT2D eigenvalue weighted by Gasteiger charge is -2.13. The van der Waals surface area contributed by atoms with Gasteiger partial charge in [0.1, 0.15) is 6.61 Å². The summed E-state index contributed by atoms with van der Waals surface area (Å²) in [5.41, 5.74) is 1.83. The van der Waals surface area contributed by atoms with E-state index in [4.69, 9.17) is 14.0 Å². The van der Waals surface area contributed by atoms with Crippen LogP contribution in [0.3, 0.4) is 0 Å². The first-order valence-electron chi connectivity index (χ1n) is 8.42. The van der Waals surface area contributed by atoms with Crippen LogP contribution in [-0.4, -0.2) is 17.2 Å². The fourth-order valence-corrected chi connectivity index (χ4v) is 3.44. The second-order valence-electron chi connectivity index (χ2n) is 6.02. The quantitative estimate of drug-likeness (QED) is 0.271. The summed E-state index contributed by atoms with van der Waals surface area (Å²) in [6.45, 7) is 1.90. The molecule has 1 aromatic heterocycles.